The third kappa shape index (κ3) is 14.0. The fourth-order valence-corrected chi connectivity index (χ4v) is 2.85. The third-order valence-electron chi connectivity index (χ3n) is 4.98. The van der Waals surface area contributed by atoms with Gasteiger partial charge in [0.1, 0.15) is 0 Å². The van der Waals surface area contributed by atoms with Gasteiger partial charge in [-0.2, -0.15) is 5.06 Å². The molecule has 13 heteroatoms. The largest absolute Gasteiger partial charge is 0.450 e. The maximum Gasteiger partial charge on any atom is 0.438 e. The molecule has 0 fully saturated rings. The fourth-order valence-electron chi connectivity index (χ4n) is 2.85. The first-order valence-corrected chi connectivity index (χ1v) is 12.2. The Hall–Kier alpha value is -3.16. The normalized spacial score (nSPS) is 10.9. The van der Waals surface area contributed by atoms with E-state index in [1.807, 2.05) is 0 Å². The molecule has 0 spiro atoms. The van der Waals surface area contributed by atoms with Crippen LogP contribution in [0.15, 0.2) is 24.3 Å². The quantitative estimate of drug-likeness (QED) is 0.0633. The Balaban J connectivity index is 4.96. The number of nitrogens with one attached hydrogen (secondary N) is 1. The van der Waals surface area contributed by atoms with Crippen molar-refractivity contribution in [2.45, 2.75) is 71.6 Å². The zero-order valence-corrected chi connectivity index (χ0v) is 23.3. The topological polar surface area (TPSA) is 148 Å². The van der Waals surface area contributed by atoms with E-state index in [-0.39, 0.29) is 30.5 Å². The molecule has 0 aromatic rings. The highest BCUT2D eigenvalue weighted by atomic mass is 16.9. The number of ether oxygens (including phenoxy) is 6. The highest BCUT2D eigenvalue weighted by Gasteiger charge is 2.38. The van der Waals surface area contributed by atoms with Gasteiger partial charge >= 0.3 is 30.1 Å². The van der Waals surface area contributed by atoms with Crippen LogP contribution in [-0.2, 0) is 42.8 Å². The molecule has 0 aliphatic heterocycles. The van der Waals surface area contributed by atoms with E-state index in [4.69, 9.17) is 33.3 Å². The molecule has 38 heavy (non-hydrogen) atoms. The summed E-state index contributed by atoms with van der Waals surface area (Å²) >= 11 is 0. The van der Waals surface area contributed by atoms with E-state index < -0.39 is 36.4 Å². The molecule has 1 N–H and O–H groups in total. The van der Waals surface area contributed by atoms with Crippen LogP contribution in [0.3, 0.4) is 0 Å². The third-order valence-corrected chi connectivity index (χ3v) is 4.98. The predicted octanol–water partition coefficient (Wildman–Crippen LogP) is 3.58. The Morgan fingerprint density at radius 2 is 1.45 bits per heavy atom. The molecule has 0 saturated heterocycles. The maximum absolute atomic E-state index is 12.8. The van der Waals surface area contributed by atoms with Crippen LogP contribution in [0.2, 0.25) is 0 Å². The highest BCUT2D eigenvalue weighted by molar-refractivity contribution is 5.88. The van der Waals surface area contributed by atoms with E-state index in [1.54, 1.807) is 6.92 Å². The summed E-state index contributed by atoms with van der Waals surface area (Å²) in [5, 5.41) is 3.64. The molecule has 218 valence electrons. The minimum atomic E-state index is -1.89. The molecule has 0 unspecified atom stereocenters. The molecule has 0 heterocycles. The lowest BCUT2D eigenvalue weighted by molar-refractivity contribution is -0.349. The van der Waals surface area contributed by atoms with Crippen molar-refractivity contribution in [1.29, 1.82) is 0 Å². The minimum Gasteiger partial charge on any atom is -0.450 e. The van der Waals surface area contributed by atoms with Crippen LogP contribution >= 0.6 is 0 Å². The van der Waals surface area contributed by atoms with Crippen molar-refractivity contribution in [3.05, 3.63) is 24.3 Å². The second-order valence-electron chi connectivity index (χ2n) is 8.14. The summed E-state index contributed by atoms with van der Waals surface area (Å²) < 4.78 is 31.2. The molecular weight excluding hydrogens is 504 g/mol. The zero-order valence-electron chi connectivity index (χ0n) is 23.3. The summed E-state index contributed by atoms with van der Waals surface area (Å²) in [4.78, 5) is 53.1. The average molecular weight is 547 g/mol. The molecule has 0 aliphatic carbocycles. The lowest BCUT2D eigenvalue weighted by atomic mass is 10.2. The number of hydroxylamine groups is 2. The summed E-state index contributed by atoms with van der Waals surface area (Å²) in [6.45, 7) is 12.6. The number of hydrogen-bond donors (Lipinski definition) is 1. The van der Waals surface area contributed by atoms with Crippen LogP contribution in [-0.4, -0.2) is 82.5 Å². The van der Waals surface area contributed by atoms with Crippen molar-refractivity contribution in [1.82, 2.24) is 10.4 Å². The molecular formula is C25H42N2O11. The molecule has 0 aliphatic rings. The van der Waals surface area contributed by atoms with Crippen LogP contribution < -0.4 is 5.32 Å². The van der Waals surface area contributed by atoms with Gasteiger partial charge in [-0.1, -0.05) is 26.0 Å². The Labute approximate surface area is 224 Å². The van der Waals surface area contributed by atoms with E-state index in [0.717, 1.165) is 24.3 Å². The number of hydrogen-bond acceptors (Lipinski definition) is 11. The van der Waals surface area contributed by atoms with Gasteiger partial charge in [-0.25, -0.2) is 19.2 Å². The van der Waals surface area contributed by atoms with Gasteiger partial charge in [0.15, 0.2) is 0 Å². The minimum absolute atomic E-state index is 0.101. The van der Waals surface area contributed by atoms with Crippen molar-refractivity contribution >= 4 is 24.1 Å². The maximum atomic E-state index is 12.8. The summed E-state index contributed by atoms with van der Waals surface area (Å²) in [7, 11) is 3.83. The number of carbonyl (C=O) groups excluding carboxylic acids is 4. The monoisotopic (exact) mass is 546 g/mol. The summed E-state index contributed by atoms with van der Waals surface area (Å²) in [6.07, 6.45) is -0.0555. The van der Waals surface area contributed by atoms with Crippen molar-refractivity contribution in [3.63, 3.8) is 0 Å². The Bertz CT molecular complexity index is 768. The number of rotatable bonds is 19. The molecule has 0 aromatic carbocycles. The summed E-state index contributed by atoms with van der Waals surface area (Å²) in [5.74, 6) is -3.44. The Morgan fingerprint density at radius 1 is 0.895 bits per heavy atom. The van der Waals surface area contributed by atoms with E-state index in [9.17, 15) is 19.2 Å². The number of nitrogens with zero attached hydrogens (tertiary/aromatic N) is 1. The molecule has 0 bridgehead atoms. The second-order valence-corrected chi connectivity index (χ2v) is 8.14. The molecule has 0 atom stereocenters. The van der Waals surface area contributed by atoms with Gasteiger partial charge in [-0.15, -0.1) is 0 Å². The van der Waals surface area contributed by atoms with Crippen molar-refractivity contribution < 1.29 is 52.4 Å². The molecule has 0 aromatic heterocycles. The summed E-state index contributed by atoms with van der Waals surface area (Å²) in [5.41, 5.74) is 0.201. The predicted molar refractivity (Wildman–Crippen MR) is 135 cm³/mol. The highest BCUT2D eigenvalue weighted by Crippen LogP contribution is 2.25. The number of methoxy groups -OCH3 is 2. The van der Waals surface area contributed by atoms with Gasteiger partial charge in [-0.3, -0.25) is 4.84 Å². The van der Waals surface area contributed by atoms with E-state index in [0.29, 0.717) is 19.6 Å². The van der Waals surface area contributed by atoms with Gasteiger partial charge in [0.25, 0.3) is 0 Å². The number of alkyl carbamates (subject to hydrolysis) is 1. The first-order chi connectivity index (χ1) is 17.9. The Kier molecular flexibility index (Phi) is 17.4. The first kappa shape index (κ1) is 34.8. The first-order valence-electron chi connectivity index (χ1n) is 12.2. The van der Waals surface area contributed by atoms with Crippen molar-refractivity contribution in [3.8, 4) is 0 Å². The van der Waals surface area contributed by atoms with Gasteiger partial charge in [0.2, 0.25) is 6.29 Å². The van der Waals surface area contributed by atoms with Crippen LogP contribution in [0.1, 0.15) is 59.3 Å². The van der Waals surface area contributed by atoms with Crippen LogP contribution in [0.5, 0.6) is 0 Å². The Morgan fingerprint density at radius 3 is 1.92 bits per heavy atom. The second kappa shape index (κ2) is 19.0. The lowest BCUT2D eigenvalue weighted by Gasteiger charge is -2.32. The SMILES string of the molecule is C=C(C)C(=O)OC(CCC(OC)(OC)OC(=O)N(CCCCCCNC(=O)OCC)OC)OC(=O)C(=C)C. The van der Waals surface area contributed by atoms with Crippen LogP contribution in [0.25, 0.3) is 0 Å². The molecule has 0 radical (unpaired) electrons. The van der Waals surface area contributed by atoms with E-state index in [1.165, 1.54) is 35.2 Å². The standard InChI is InChI=1S/C25H42N2O11/c1-9-35-23(30)26-16-12-10-11-13-17-27(34-8)24(31)38-25(32-6,33-7)15-14-20(36-21(28)18(2)3)37-22(29)19(4)5/h20H,2,4,9-17H2,1,3,5-8H3,(H,26,30). The van der Waals surface area contributed by atoms with Gasteiger partial charge in [0.05, 0.1) is 20.3 Å². The van der Waals surface area contributed by atoms with E-state index in [2.05, 4.69) is 18.5 Å². The van der Waals surface area contributed by atoms with Gasteiger partial charge in [-0.05, 0) is 33.6 Å². The zero-order chi connectivity index (χ0) is 29.1. The van der Waals surface area contributed by atoms with Gasteiger partial charge < -0.3 is 33.7 Å². The van der Waals surface area contributed by atoms with Gasteiger partial charge in [0, 0.05) is 44.8 Å². The fraction of sp³-hybridized carbons (Fsp3) is 0.680. The van der Waals surface area contributed by atoms with Crippen molar-refractivity contribution in [2.75, 3.05) is 41.0 Å². The molecule has 0 rings (SSSR count). The summed E-state index contributed by atoms with van der Waals surface area (Å²) in [6, 6.07) is 0. The van der Waals surface area contributed by atoms with Crippen molar-refractivity contribution in [2.24, 2.45) is 0 Å². The van der Waals surface area contributed by atoms with Crippen LogP contribution in [0, 0.1) is 0 Å². The number of amides is 2. The molecule has 13 nitrogen and oxygen atoms in total. The van der Waals surface area contributed by atoms with Crippen LogP contribution in [0.4, 0.5) is 9.59 Å². The van der Waals surface area contributed by atoms with E-state index >= 15 is 0 Å². The molecule has 0 saturated carbocycles. The lowest BCUT2D eigenvalue weighted by Crippen LogP contribution is -2.45. The number of esters is 2. The smallest absolute Gasteiger partial charge is 0.438 e. The molecule has 2 amide bonds. The number of carbonyl (C=O) groups is 4. The number of unbranched alkanes of at least 4 members (excludes halogenated alkanes) is 3. The average Bonchev–Trinajstić information content (AvgIpc) is 2.87.